The molecule has 1 aromatic rings. The minimum atomic E-state index is -0.460. The van der Waals surface area contributed by atoms with Gasteiger partial charge in [-0.25, -0.2) is 0 Å². The number of aliphatic imine (C=N–C) groups is 1. The SMILES string of the molecule is NC(=O)C1=CCN=C(c2ccccc2)N1. The third kappa shape index (κ3) is 2.04. The molecular formula is C11H11N3O. The van der Waals surface area contributed by atoms with E-state index >= 15 is 0 Å². The summed E-state index contributed by atoms with van der Waals surface area (Å²) < 4.78 is 0. The molecule has 76 valence electrons. The van der Waals surface area contributed by atoms with Gasteiger partial charge in [-0.05, 0) is 6.08 Å². The Morgan fingerprint density at radius 1 is 1.33 bits per heavy atom. The summed E-state index contributed by atoms with van der Waals surface area (Å²) in [5, 5.41) is 2.91. The summed E-state index contributed by atoms with van der Waals surface area (Å²) in [6.07, 6.45) is 1.68. The Morgan fingerprint density at radius 2 is 2.07 bits per heavy atom. The van der Waals surface area contributed by atoms with Gasteiger partial charge < -0.3 is 11.1 Å². The van der Waals surface area contributed by atoms with Crippen LogP contribution < -0.4 is 11.1 Å². The molecule has 0 unspecified atom stereocenters. The number of rotatable bonds is 2. The summed E-state index contributed by atoms with van der Waals surface area (Å²) >= 11 is 0. The molecule has 1 aliphatic rings. The van der Waals surface area contributed by atoms with Crippen LogP contribution in [-0.2, 0) is 4.79 Å². The highest BCUT2D eigenvalue weighted by atomic mass is 16.1. The van der Waals surface area contributed by atoms with Crippen LogP contribution in [0.15, 0.2) is 47.1 Å². The lowest BCUT2D eigenvalue weighted by Crippen LogP contribution is -2.34. The first kappa shape index (κ1) is 9.45. The fourth-order valence-corrected chi connectivity index (χ4v) is 1.37. The Kier molecular flexibility index (Phi) is 2.49. The number of amides is 1. The molecule has 0 spiro atoms. The minimum Gasteiger partial charge on any atom is -0.364 e. The van der Waals surface area contributed by atoms with Crippen molar-refractivity contribution in [1.82, 2.24) is 5.32 Å². The van der Waals surface area contributed by atoms with E-state index in [1.54, 1.807) is 6.08 Å². The molecule has 0 saturated heterocycles. The van der Waals surface area contributed by atoms with E-state index < -0.39 is 5.91 Å². The average molecular weight is 201 g/mol. The lowest BCUT2D eigenvalue weighted by atomic mass is 10.2. The molecule has 0 radical (unpaired) electrons. The first-order valence-corrected chi connectivity index (χ1v) is 4.64. The molecule has 4 heteroatoms. The molecule has 0 fully saturated rings. The summed E-state index contributed by atoms with van der Waals surface area (Å²) in [6, 6.07) is 9.62. The van der Waals surface area contributed by atoms with E-state index in [-0.39, 0.29) is 0 Å². The topological polar surface area (TPSA) is 67.5 Å². The second kappa shape index (κ2) is 3.96. The van der Waals surface area contributed by atoms with Gasteiger partial charge in [0, 0.05) is 5.56 Å². The summed E-state index contributed by atoms with van der Waals surface area (Å²) in [4.78, 5) is 15.2. The highest BCUT2D eigenvalue weighted by Gasteiger charge is 2.12. The van der Waals surface area contributed by atoms with E-state index in [1.165, 1.54) is 0 Å². The molecule has 0 atom stereocenters. The lowest BCUT2D eigenvalue weighted by molar-refractivity contribution is -0.114. The van der Waals surface area contributed by atoms with Crippen LogP contribution in [0.5, 0.6) is 0 Å². The van der Waals surface area contributed by atoms with Crippen molar-refractivity contribution in [1.29, 1.82) is 0 Å². The Hall–Kier alpha value is -2.10. The summed E-state index contributed by atoms with van der Waals surface area (Å²) in [5.41, 5.74) is 6.54. The summed E-state index contributed by atoms with van der Waals surface area (Å²) in [6.45, 7) is 0.482. The predicted octanol–water partition coefficient (Wildman–Crippen LogP) is 0.406. The Balaban J connectivity index is 2.21. The van der Waals surface area contributed by atoms with Gasteiger partial charge in [0.1, 0.15) is 11.5 Å². The lowest BCUT2D eigenvalue weighted by Gasteiger charge is -2.14. The molecule has 0 saturated carbocycles. The first-order chi connectivity index (χ1) is 7.27. The van der Waals surface area contributed by atoms with Gasteiger partial charge in [0.2, 0.25) is 0 Å². The Morgan fingerprint density at radius 3 is 2.73 bits per heavy atom. The molecule has 0 aliphatic carbocycles. The van der Waals surface area contributed by atoms with Gasteiger partial charge in [-0.3, -0.25) is 9.79 Å². The highest BCUT2D eigenvalue weighted by Crippen LogP contribution is 2.05. The van der Waals surface area contributed by atoms with Crippen molar-refractivity contribution in [3.63, 3.8) is 0 Å². The van der Waals surface area contributed by atoms with Crippen LogP contribution in [-0.4, -0.2) is 18.3 Å². The molecule has 2 rings (SSSR count). The van der Waals surface area contributed by atoms with Crippen molar-refractivity contribution in [2.24, 2.45) is 10.7 Å². The van der Waals surface area contributed by atoms with E-state index in [0.717, 1.165) is 5.56 Å². The van der Waals surface area contributed by atoms with E-state index in [0.29, 0.717) is 18.1 Å². The number of carbonyl (C=O) groups excluding carboxylic acids is 1. The van der Waals surface area contributed by atoms with Crippen LogP contribution in [0, 0.1) is 0 Å². The van der Waals surface area contributed by atoms with E-state index in [1.807, 2.05) is 30.3 Å². The molecule has 15 heavy (non-hydrogen) atoms. The maximum absolute atomic E-state index is 11.0. The Labute approximate surface area is 87.5 Å². The van der Waals surface area contributed by atoms with Gasteiger partial charge in [-0.15, -0.1) is 0 Å². The fourth-order valence-electron chi connectivity index (χ4n) is 1.37. The zero-order valence-electron chi connectivity index (χ0n) is 8.10. The molecule has 1 aromatic carbocycles. The second-order valence-electron chi connectivity index (χ2n) is 3.16. The number of primary amides is 1. The van der Waals surface area contributed by atoms with Gasteiger partial charge in [0.25, 0.3) is 5.91 Å². The normalized spacial score (nSPS) is 14.9. The Bertz CT molecular complexity index is 434. The van der Waals surface area contributed by atoms with Crippen LogP contribution in [0.4, 0.5) is 0 Å². The maximum Gasteiger partial charge on any atom is 0.264 e. The van der Waals surface area contributed by atoms with Crippen molar-refractivity contribution in [2.45, 2.75) is 0 Å². The number of amidine groups is 1. The number of nitrogens with two attached hydrogens (primary N) is 1. The first-order valence-electron chi connectivity index (χ1n) is 4.64. The van der Waals surface area contributed by atoms with E-state index in [9.17, 15) is 4.79 Å². The predicted molar refractivity (Wildman–Crippen MR) is 58.3 cm³/mol. The van der Waals surface area contributed by atoms with Crippen LogP contribution in [0.25, 0.3) is 0 Å². The number of carbonyl (C=O) groups is 1. The summed E-state index contributed by atoms with van der Waals surface area (Å²) in [7, 11) is 0. The van der Waals surface area contributed by atoms with Gasteiger partial charge in [0.15, 0.2) is 0 Å². The van der Waals surface area contributed by atoms with Gasteiger partial charge in [-0.2, -0.15) is 0 Å². The maximum atomic E-state index is 11.0. The smallest absolute Gasteiger partial charge is 0.264 e. The zero-order valence-corrected chi connectivity index (χ0v) is 8.10. The third-order valence-electron chi connectivity index (χ3n) is 2.11. The molecule has 1 aliphatic heterocycles. The number of nitrogens with one attached hydrogen (secondary N) is 1. The standard InChI is InChI=1S/C11H11N3O/c12-10(15)9-6-7-13-11(14-9)8-4-2-1-3-5-8/h1-6H,7H2,(H2,12,15)(H,13,14). The van der Waals surface area contributed by atoms with Crippen molar-refractivity contribution in [3.8, 4) is 0 Å². The molecule has 0 aromatic heterocycles. The minimum absolute atomic E-state index is 0.406. The van der Waals surface area contributed by atoms with Gasteiger partial charge in [-0.1, -0.05) is 30.3 Å². The van der Waals surface area contributed by atoms with Crippen molar-refractivity contribution in [2.75, 3.05) is 6.54 Å². The number of hydrogen-bond acceptors (Lipinski definition) is 3. The highest BCUT2D eigenvalue weighted by molar-refractivity contribution is 6.05. The molecule has 1 heterocycles. The molecule has 4 nitrogen and oxygen atoms in total. The molecule has 1 amide bonds. The monoisotopic (exact) mass is 201 g/mol. The largest absolute Gasteiger partial charge is 0.364 e. The number of nitrogens with zero attached hydrogens (tertiary/aromatic N) is 1. The number of hydrogen-bond donors (Lipinski definition) is 2. The van der Waals surface area contributed by atoms with E-state index in [2.05, 4.69) is 10.3 Å². The third-order valence-corrected chi connectivity index (χ3v) is 2.11. The van der Waals surface area contributed by atoms with Crippen LogP contribution in [0.3, 0.4) is 0 Å². The second-order valence-corrected chi connectivity index (χ2v) is 3.16. The van der Waals surface area contributed by atoms with Crippen molar-refractivity contribution < 1.29 is 4.79 Å². The van der Waals surface area contributed by atoms with Crippen LogP contribution in [0.1, 0.15) is 5.56 Å². The van der Waals surface area contributed by atoms with Gasteiger partial charge in [0.05, 0.1) is 6.54 Å². The molecule has 3 N–H and O–H groups in total. The van der Waals surface area contributed by atoms with Crippen molar-refractivity contribution >= 4 is 11.7 Å². The zero-order chi connectivity index (χ0) is 10.7. The molecule has 0 bridgehead atoms. The molecular weight excluding hydrogens is 190 g/mol. The van der Waals surface area contributed by atoms with E-state index in [4.69, 9.17) is 5.73 Å². The van der Waals surface area contributed by atoms with Gasteiger partial charge >= 0.3 is 0 Å². The average Bonchev–Trinajstić information content (AvgIpc) is 2.30. The summed E-state index contributed by atoms with van der Waals surface area (Å²) in [5.74, 6) is 0.227. The quantitative estimate of drug-likeness (QED) is 0.727. The number of benzene rings is 1. The fraction of sp³-hybridized carbons (Fsp3) is 0.0909. The van der Waals surface area contributed by atoms with Crippen molar-refractivity contribution in [3.05, 3.63) is 47.7 Å². The van der Waals surface area contributed by atoms with Crippen LogP contribution in [0.2, 0.25) is 0 Å². The van der Waals surface area contributed by atoms with Crippen LogP contribution >= 0.6 is 0 Å².